The fourth-order valence-corrected chi connectivity index (χ4v) is 1.27. The second-order valence-corrected chi connectivity index (χ2v) is 3.12. The zero-order valence-electron chi connectivity index (χ0n) is 7.23. The van der Waals surface area contributed by atoms with Crippen LogP contribution in [0.5, 0.6) is 0 Å². The predicted octanol–water partition coefficient (Wildman–Crippen LogP) is 1.96. The molecular weight excluding hydrogens is 150 g/mol. The van der Waals surface area contributed by atoms with Crippen LogP contribution < -0.4 is 0 Å². The summed E-state index contributed by atoms with van der Waals surface area (Å²) in [7, 11) is 0. The Morgan fingerprint density at radius 1 is 1.42 bits per heavy atom. The van der Waals surface area contributed by atoms with E-state index in [0.29, 0.717) is 6.04 Å². The topological polar surface area (TPSA) is 30.7 Å². The van der Waals surface area contributed by atoms with Gasteiger partial charge in [0.1, 0.15) is 5.82 Å². The van der Waals surface area contributed by atoms with Gasteiger partial charge in [0.2, 0.25) is 0 Å². The molecule has 0 amide bonds. The summed E-state index contributed by atoms with van der Waals surface area (Å²) in [5, 5.41) is 0. The number of rotatable bonds is 1. The lowest BCUT2D eigenvalue weighted by Crippen LogP contribution is -2.06. The van der Waals surface area contributed by atoms with E-state index in [9.17, 15) is 0 Å². The zero-order chi connectivity index (χ0) is 8.55. The summed E-state index contributed by atoms with van der Waals surface area (Å²) in [5.41, 5.74) is 1.10. The van der Waals surface area contributed by atoms with Crippen LogP contribution in [0, 0.1) is 0 Å². The SMILES string of the molecule is CC(C)n1cncc2ccnc1-2. The lowest BCUT2D eigenvalue weighted by atomic mass is 10.3. The third-order valence-corrected chi connectivity index (χ3v) is 1.91. The van der Waals surface area contributed by atoms with Crippen molar-refractivity contribution in [3.05, 3.63) is 24.8 Å². The molecule has 0 aliphatic carbocycles. The summed E-state index contributed by atoms with van der Waals surface area (Å²) in [6, 6.07) is 2.39. The summed E-state index contributed by atoms with van der Waals surface area (Å²) in [5.74, 6) is 1.01. The van der Waals surface area contributed by atoms with Gasteiger partial charge in [0, 0.05) is 24.0 Å². The molecule has 0 atom stereocenters. The molecule has 0 saturated heterocycles. The molecule has 12 heavy (non-hydrogen) atoms. The lowest BCUT2D eigenvalue weighted by Gasteiger charge is -2.13. The standard InChI is InChI=1S/C9H11N3/c1-7(2)12-6-10-5-8-3-4-11-9(8)12/h3-7H,1-2H3. The van der Waals surface area contributed by atoms with Crippen molar-refractivity contribution in [3.8, 4) is 11.4 Å². The van der Waals surface area contributed by atoms with Crippen LogP contribution >= 0.6 is 0 Å². The molecule has 0 N–H and O–H groups in total. The summed E-state index contributed by atoms with van der Waals surface area (Å²) >= 11 is 0. The average Bonchev–Trinajstić information content (AvgIpc) is 2.49. The predicted molar refractivity (Wildman–Crippen MR) is 47.0 cm³/mol. The van der Waals surface area contributed by atoms with Gasteiger partial charge in [-0.3, -0.25) is 0 Å². The van der Waals surface area contributed by atoms with Crippen LogP contribution in [-0.4, -0.2) is 14.5 Å². The third kappa shape index (κ3) is 0.978. The van der Waals surface area contributed by atoms with E-state index in [2.05, 4.69) is 28.4 Å². The maximum absolute atomic E-state index is 4.26. The first-order valence-electron chi connectivity index (χ1n) is 4.05. The van der Waals surface area contributed by atoms with Crippen molar-refractivity contribution >= 4 is 0 Å². The van der Waals surface area contributed by atoms with Gasteiger partial charge in [-0.15, -0.1) is 0 Å². The molecule has 62 valence electrons. The summed E-state index contributed by atoms with van der Waals surface area (Å²) in [4.78, 5) is 8.39. The molecule has 2 heterocycles. The van der Waals surface area contributed by atoms with Gasteiger partial charge < -0.3 is 4.57 Å². The Morgan fingerprint density at radius 2 is 2.25 bits per heavy atom. The first kappa shape index (κ1) is 7.28. The van der Waals surface area contributed by atoms with Crippen molar-refractivity contribution in [1.82, 2.24) is 14.5 Å². The van der Waals surface area contributed by atoms with Crippen LogP contribution in [0.4, 0.5) is 0 Å². The Labute approximate surface area is 71.4 Å². The van der Waals surface area contributed by atoms with Crippen molar-refractivity contribution < 1.29 is 0 Å². The largest absolute Gasteiger partial charge is 0.314 e. The van der Waals surface area contributed by atoms with Crippen molar-refractivity contribution in [2.45, 2.75) is 19.9 Å². The first-order valence-corrected chi connectivity index (χ1v) is 4.05. The highest BCUT2D eigenvalue weighted by Gasteiger charge is 2.09. The molecule has 2 aliphatic heterocycles. The highest BCUT2D eigenvalue weighted by atomic mass is 15.1. The minimum absolute atomic E-state index is 0.413. The van der Waals surface area contributed by atoms with Gasteiger partial charge in [-0.25, -0.2) is 9.97 Å². The second-order valence-electron chi connectivity index (χ2n) is 3.12. The van der Waals surface area contributed by atoms with E-state index in [-0.39, 0.29) is 0 Å². The molecule has 0 bridgehead atoms. The van der Waals surface area contributed by atoms with Gasteiger partial charge in [0.05, 0.1) is 6.33 Å². The zero-order valence-corrected chi connectivity index (χ0v) is 7.23. The molecule has 0 aromatic carbocycles. The number of nitrogens with zero attached hydrogens (tertiary/aromatic N) is 3. The molecule has 0 radical (unpaired) electrons. The maximum atomic E-state index is 4.26. The van der Waals surface area contributed by atoms with Gasteiger partial charge in [0.25, 0.3) is 0 Å². The second kappa shape index (κ2) is 2.59. The van der Waals surface area contributed by atoms with Crippen LogP contribution in [0.25, 0.3) is 11.4 Å². The van der Waals surface area contributed by atoms with E-state index in [0.717, 1.165) is 11.4 Å². The fourth-order valence-electron chi connectivity index (χ4n) is 1.27. The molecule has 2 aliphatic rings. The van der Waals surface area contributed by atoms with Crippen LogP contribution in [0.2, 0.25) is 0 Å². The minimum atomic E-state index is 0.413. The van der Waals surface area contributed by atoms with E-state index in [4.69, 9.17) is 0 Å². The Kier molecular flexibility index (Phi) is 1.57. The Balaban J connectivity index is 2.63. The number of hydrogen-bond acceptors (Lipinski definition) is 2. The quantitative estimate of drug-likeness (QED) is 0.640. The van der Waals surface area contributed by atoms with Crippen molar-refractivity contribution in [1.29, 1.82) is 0 Å². The van der Waals surface area contributed by atoms with Crippen molar-refractivity contribution in [2.24, 2.45) is 0 Å². The molecule has 0 aromatic rings. The summed E-state index contributed by atoms with van der Waals surface area (Å²) in [6.07, 6.45) is 5.46. The highest BCUT2D eigenvalue weighted by molar-refractivity contribution is 5.55. The lowest BCUT2D eigenvalue weighted by molar-refractivity contribution is 0.585. The molecule has 0 saturated carbocycles. The van der Waals surface area contributed by atoms with E-state index < -0.39 is 0 Å². The molecule has 0 fully saturated rings. The maximum Gasteiger partial charge on any atom is 0.142 e. The molecule has 3 heteroatoms. The normalized spacial score (nSPS) is 11.2. The van der Waals surface area contributed by atoms with Gasteiger partial charge in [-0.1, -0.05) is 0 Å². The van der Waals surface area contributed by atoms with Crippen molar-refractivity contribution in [3.63, 3.8) is 0 Å². The minimum Gasteiger partial charge on any atom is -0.314 e. The van der Waals surface area contributed by atoms with Crippen LogP contribution in [-0.2, 0) is 0 Å². The van der Waals surface area contributed by atoms with Crippen LogP contribution in [0.1, 0.15) is 19.9 Å². The van der Waals surface area contributed by atoms with Gasteiger partial charge in [-0.2, -0.15) is 0 Å². The third-order valence-electron chi connectivity index (χ3n) is 1.91. The van der Waals surface area contributed by atoms with Crippen molar-refractivity contribution in [2.75, 3.05) is 0 Å². The monoisotopic (exact) mass is 161 g/mol. The number of hydrogen-bond donors (Lipinski definition) is 0. The van der Waals surface area contributed by atoms with Gasteiger partial charge in [0.15, 0.2) is 0 Å². The molecule has 0 aromatic heterocycles. The summed E-state index contributed by atoms with van der Waals surface area (Å²) < 4.78 is 2.06. The smallest absolute Gasteiger partial charge is 0.142 e. The molecule has 0 spiro atoms. The van der Waals surface area contributed by atoms with Crippen LogP contribution in [0.3, 0.4) is 0 Å². The van der Waals surface area contributed by atoms with E-state index in [1.807, 2.05) is 24.8 Å². The van der Waals surface area contributed by atoms with E-state index >= 15 is 0 Å². The van der Waals surface area contributed by atoms with Gasteiger partial charge >= 0.3 is 0 Å². The fraction of sp³-hybridized carbons (Fsp3) is 0.333. The van der Waals surface area contributed by atoms with Gasteiger partial charge in [-0.05, 0) is 19.9 Å². The Bertz CT molecular complexity index is 351. The average molecular weight is 161 g/mol. The van der Waals surface area contributed by atoms with E-state index in [1.165, 1.54) is 0 Å². The van der Waals surface area contributed by atoms with Crippen LogP contribution in [0.15, 0.2) is 24.8 Å². The summed E-state index contributed by atoms with van der Waals surface area (Å²) in [6.45, 7) is 4.24. The highest BCUT2D eigenvalue weighted by Crippen LogP contribution is 2.20. The molecule has 3 nitrogen and oxygen atoms in total. The molecular formula is C9H11N3. The van der Waals surface area contributed by atoms with E-state index in [1.54, 1.807) is 0 Å². The molecule has 0 unspecified atom stereocenters. The first-order chi connectivity index (χ1) is 5.79. The number of fused-ring (bicyclic) bond motifs is 1. The Morgan fingerprint density at radius 3 is 3.00 bits per heavy atom. The number of aromatic nitrogens is 3. The molecule has 2 rings (SSSR count). The Hall–Kier alpha value is -1.38.